The van der Waals surface area contributed by atoms with Gasteiger partial charge in [0.05, 0.1) is 5.01 Å². The molecule has 1 unspecified atom stereocenters. The molecule has 0 amide bonds. The largest absolute Gasteiger partial charge is 0.388 e. The van der Waals surface area contributed by atoms with Crippen LogP contribution < -0.4 is 11.1 Å². The summed E-state index contributed by atoms with van der Waals surface area (Å²) in [5.41, 5.74) is 6.09. The van der Waals surface area contributed by atoms with Crippen molar-refractivity contribution in [3.63, 3.8) is 0 Å². The fraction of sp³-hybridized carbons (Fsp3) is 0.273. The van der Waals surface area contributed by atoms with Gasteiger partial charge in [0.1, 0.15) is 10.7 Å². The number of aromatic nitrogens is 3. The van der Waals surface area contributed by atoms with Gasteiger partial charge in [-0.05, 0) is 6.07 Å². The van der Waals surface area contributed by atoms with Crippen LogP contribution >= 0.6 is 23.6 Å². The highest BCUT2D eigenvalue weighted by Gasteiger charge is 2.09. The van der Waals surface area contributed by atoms with Crippen molar-refractivity contribution in [3.05, 3.63) is 34.5 Å². The van der Waals surface area contributed by atoms with Gasteiger partial charge >= 0.3 is 0 Å². The Morgan fingerprint density at radius 3 is 3.00 bits per heavy atom. The first-order chi connectivity index (χ1) is 8.66. The van der Waals surface area contributed by atoms with E-state index >= 15 is 0 Å². The number of nitrogens with zero attached hydrogens (tertiary/aromatic N) is 3. The molecule has 0 fully saturated rings. The Morgan fingerprint density at radius 2 is 2.33 bits per heavy atom. The number of nitrogens with two attached hydrogens (primary N) is 1. The summed E-state index contributed by atoms with van der Waals surface area (Å²) in [6.45, 7) is 2.82. The van der Waals surface area contributed by atoms with Crippen LogP contribution in [-0.4, -0.2) is 26.5 Å². The predicted molar refractivity (Wildman–Crippen MR) is 76.9 cm³/mol. The molecule has 2 aromatic heterocycles. The Morgan fingerprint density at radius 1 is 1.50 bits per heavy atom. The lowest BCUT2D eigenvalue weighted by atomic mass is 10.2. The standard InChI is InChI=1S/C11H13N5S2/c1-7(10-13-4-5-18-10)6-15-11-14-3-2-8(16-11)9(12)17/h2-5,7H,6H2,1H3,(H2,12,17)(H,14,15,16). The van der Waals surface area contributed by atoms with Crippen molar-refractivity contribution in [3.8, 4) is 0 Å². The van der Waals surface area contributed by atoms with Gasteiger partial charge in [0.15, 0.2) is 0 Å². The molecule has 2 rings (SSSR count). The lowest BCUT2D eigenvalue weighted by Crippen LogP contribution is -2.16. The normalized spacial score (nSPS) is 12.1. The second-order valence-corrected chi connectivity index (χ2v) is 5.15. The molecular weight excluding hydrogens is 266 g/mol. The van der Waals surface area contributed by atoms with Gasteiger partial charge in [0.25, 0.3) is 0 Å². The van der Waals surface area contributed by atoms with E-state index in [0.29, 0.717) is 24.1 Å². The molecule has 0 saturated heterocycles. The van der Waals surface area contributed by atoms with Crippen molar-refractivity contribution < 1.29 is 0 Å². The van der Waals surface area contributed by atoms with Crippen LogP contribution in [0, 0.1) is 0 Å². The summed E-state index contributed by atoms with van der Waals surface area (Å²) >= 11 is 6.52. The van der Waals surface area contributed by atoms with Gasteiger partial charge in [-0.3, -0.25) is 0 Å². The van der Waals surface area contributed by atoms with E-state index in [1.807, 2.05) is 5.38 Å². The molecule has 0 radical (unpaired) electrons. The van der Waals surface area contributed by atoms with Crippen LogP contribution in [-0.2, 0) is 0 Å². The quantitative estimate of drug-likeness (QED) is 0.813. The summed E-state index contributed by atoms with van der Waals surface area (Å²) in [4.78, 5) is 12.9. The number of hydrogen-bond acceptors (Lipinski definition) is 6. The maximum atomic E-state index is 5.52. The molecule has 0 aliphatic heterocycles. The minimum absolute atomic E-state index is 0.272. The van der Waals surface area contributed by atoms with Crippen molar-refractivity contribution in [2.75, 3.05) is 11.9 Å². The van der Waals surface area contributed by atoms with E-state index < -0.39 is 0 Å². The minimum atomic E-state index is 0.272. The number of thiocarbonyl (C=S) groups is 1. The molecule has 0 bridgehead atoms. The third kappa shape index (κ3) is 3.21. The molecule has 3 N–H and O–H groups in total. The van der Waals surface area contributed by atoms with Crippen LogP contribution in [0.5, 0.6) is 0 Å². The van der Waals surface area contributed by atoms with E-state index in [4.69, 9.17) is 18.0 Å². The van der Waals surface area contributed by atoms with Crippen molar-refractivity contribution in [1.82, 2.24) is 15.0 Å². The predicted octanol–water partition coefficient (Wildman–Crippen LogP) is 1.78. The highest BCUT2D eigenvalue weighted by molar-refractivity contribution is 7.80. The molecule has 94 valence electrons. The molecular formula is C11H13N5S2. The number of anilines is 1. The molecule has 18 heavy (non-hydrogen) atoms. The summed E-state index contributed by atoms with van der Waals surface area (Å²) < 4.78 is 0. The molecule has 2 aromatic rings. The average molecular weight is 279 g/mol. The summed E-state index contributed by atoms with van der Waals surface area (Å²) in [6.07, 6.45) is 3.44. The van der Waals surface area contributed by atoms with Crippen LogP contribution in [0.15, 0.2) is 23.8 Å². The molecule has 0 spiro atoms. The van der Waals surface area contributed by atoms with Crippen molar-refractivity contribution in [1.29, 1.82) is 0 Å². The Labute approximate surface area is 114 Å². The second-order valence-electron chi connectivity index (χ2n) is 3.78. The van der Waals surface area contributed by atoms with Crippen LogP contribution in [0.3, 0.4) is 0 Å². The molecule has 1 atom stereocenters. The fourth-order valence-electron chi connectivity index (χ4n) is 1.39. The van der Waals surface area contributed by atoms with Crippen LogP contribution in [0.4, 0.5) is 5.95 Å². The van der Waals surface area contributed by atoms with Crippen LogP contribution in [0.25, 0.3) is 0 Å². The first kappa shape index (κ1) is 12.8. The summed E-state index contributed by atoms with van der Waals surface area (Å²) in [6, 6.07) is 1.69. The van der Waals surface area contributed by atoms with Crippen molar-refractivity contribution >= 4 is 34.5 Å². The van der Waals surface area contributed by atoms with E-state index in [1.165, 1.54) is 0 Å². The second kappa shape index (κ2) is 5.83. The van der Waals surface area contributed by atoms with Crippen LogP contribution in [0.1, 0.15) is 23.5 Å². The van der Waals surface area contributed by atoms with Gasteiger partial charge < -0.3 is 11.1 Å². The SMILES string of the molecule is CC(CNc1nccc(C(N)=S)n1)c1nccs1. The number of thiazole rings is 1. The van der Waals surface area contributed by atoms with Crippen LogP contribution in [0.2, 0.25) is 0 Å². The van der Waals surface area contributed by atoms with Gasteiger partial charge in [0.2, 0.25) is 5.95 Å². The first-order valence-corrected chi connectivity index (χ1v) is 6.71. The van der Waals surface area contributed by atoms with E-state index in [9.17, 15) is 0 Å². The Kier molecular flexibility index (Phi) is 4.16. The molecule has 5 nitrogen and oxygen atoms in total. The Balaban J connectivity index is 1.98. The molecule has 7 heteroatoms. The van der Waals surface area contributed by atoms with Gasteiger partial charge in [-0.15, -0.1) is 11.3 Å². The van der Waals surface area contributed by atoms with Gasteiger partial charge in [-0.1, -0.05) is 19.1 Å². The van der Waals surface area contributed by atoms with Crippen molar-refractivity contribution in [2.24, 2.45) is 5.73 Å². The maximum absolute atomic E-state index is 5.52. The summed E-state index contributed by atoms with van der Waals surface area (Å²) in [7, 11) is 0. The monoisotopic (exact) mass is 279 g/mol. The third-order valence-corrected chi connectivity index (χ3v) is 3.56. The lowest BCUT2D eigenvalue weighted by Gasteiger charge is -2.10. The molecule has 0 saturated carbocycles. The lowest BCUT2D eigenvalue weighted by molar-refractivity contribution is 0.787. The summed E-state index contributed by atoms with van der Waals surface area (Å²) in [5.74, 6) is 0.839. The first-order valence-electron chi connectivity index (χ1n) is 5.43. The third-order valence-electron chi connectivity index (χ3n) is 2.35. The zero-order valence-corrected chi connectivity index (χ0v) is 11.5. The highest BCUT2D eigenvalue weighted by atomic mass is 32.1. The summed E-state index contributed by atoms with van der Waals surface area (Å²) in [5, 5.41) is 6.22. The van der Waals surface area contributed by atoms with Gasteiger partial charge in [0, 0.05) is 30.2 Å². The fourth-order valence-corrected chi connectivity index (χ4v) is 2.20. The Bertz CT molecular complexity index is 526. The number of hydrogen-bond donors (Lipinski definition) is 2. The number of rotatable bonds is 5. The highest BCUT2D eigenvalue weighted by Crippen LogP contribution is 2.17. The molecule has 0 aromatic carbocycles. The number of nitrogens with one attached hydrogen (secondary N) is 1. The zero-order valence-electron chi connectivity index (χ0n) is 9.83. The molecule has 2 heterocycles. The van der Waals surface area contributed by atoms with Crippen molar-refractivity contribution in [2.45, 2.75) is 12.8 Å². The van der Waals surface area contributed by atoms with E-state index in [0.717, 1.165) is 5.01 Å². The van der Waals surface area contributed by atoms with E-state index in [1.54, 1.807) is 29.8 Å². The maximum Gasteiger partial charge on any atom is 0.223 e. The van der Waals surface area contributed by atoms with E-state index in [2.05, 4.69) is 27.2 Å². The van der Waals surface area contributed by atoms with Gasteiger partial charge in [-0.25, -0.2) is 15.0 Å². The zero-order chi connectivity index (χ0) is 13.0. The molecule has 0 aliphatic rings. The van der Waals surface area contributed by atoms with E-state index in [-0.39, 0.29) is 4.99 Å². The molecule has 0 aliphatic carbocycles. The topological polar surface area (TPSA) is 76.7 Å². The smallest absolute Gasteiger partial charge is 0.223 e. The average Bonchev–Trinajstić information content (AvgIpc) is 2.90. The Hall–Kier alpha value is -1.60. The van der Waals surface area contributed by atoms with Gasteiger partial charge in [-0.2, -0.15) is 0 Å². The minimum Gasteiger partial charge on any atom is -0.388 e.